The molecule has 0 aliphatic rings. The number of hydrogen-bond donors (Lipinski definition) is 0. The fourth-order valence-electron chi connectivity index (χ4n) is 0.779. The molecule has 0 aromatic carbocycles. The van der Waals surface area contributed by atoms with Gasteiger partial charge in [0, 0.05) is 5.69 Å². The second kappa shape index (κ2) is 2.98. The molecule has 0 fully saturated rings. The first-order valence-corrected chi connectivity index (χ1v) is 3.12. The molecule has 0 spiro atoms. The maximum absolute atomic E-state index is 8.32. The average molecular weight is 132 g/mol. The van der Waals surface area contributed by atoms with Gasteiger partial charge >= 0.3 is 0 Å². The van der Waals surface area contributed by atoms with E-state index in [9.17, 15) is 0 Å². The largest absolute Gasteiger partial charge is 0.257 e. The van der Waals surface area contributed by atoms with Crippen molar-refractivity contribution in [3.63, 3.8) is 0 Å². The number of hydrogen-bond acceptors (Lipinski definition) is 2. The van der Waals surface area contributed by atoms with Crippen LogP contribution in [-0.2, 0) is 6.42 Å². The van der Waals surface area contributed by atoms with E-state index in [1.807, 2.05) is 31.2 Å². The van der Waals surface area contributed by atoms with Gasteiger partial charge in [-0.2, -0.15) is 5.26 Å². The summed E-state index contributed by atoms with van der Waals surface area (Å²) in [6.45, 7) is 1.92. The van der Waals surface area contributed by atoms with Crippen molar-refractivity contribution in [1.82, 2.24) is 4.98 Å². The van der Waals surface area contributed by atoms with Crippen LogP contribution in [0.15, 0.2) is 18.2 Å². The minimum atomic E-state index is 0.404. The van der Waals surface area contributed by atoms with E-state index in [1.165, 1.54) is 0 Å². The molecule has 1 heterocycles. The van der Waals surface area contributed by atoms with E-state index in [1.54, 1.807) is 0 Å². The van der Waals surface area contributed by atoms with Gasteiger partial charge in [-0.3, -0.25) is 4.98 Å². The fourth-order valence-corrected chi connectivity index (χ4v) is 0.779. The molecule has 1 aromatic heterocycles. The van der Waals surface area contributed by atoms with Crippen molar-refractivity contribution in [2.75, 3.05) is 0 Å². The number of aryl methyl sites for hydroxylation is 1. The second-order valence-corrected chi connectivity index (χ2v) is 2.11. The summed E-state index contributed by atoms with van der Waals surface area (Å²) < 4.78 is 0. The van der Waals surface area contributed by atoms with E-state index < -0.39 is 0 Å². The minimum absolute atomic E-state index is 0.404. The van der Waals surface area contributed by atoms with Gasteiger partial charge in [0.15, 0.2) is 0 Å². The van der Waals surface area contributed by atoms with Crippen LogP contribution in [0.4, 0.5) is 0 Å². The molecule has 1 aromatic rings. The Morgan fingerprint density at radius 1 is 1.60 bits per heavy atom. The van der Waals surface area contributed by atoms with Crippen LogP contribution in [0.2, 0.25) is 0 Å². The van der Waals surface area contributed by atoms with E-state index in [0.29, 0.717) is 6.42 Å². The van der Waals surface area contributed by atoms with Crippen molar-refractivity contribution in [2.45, 2.75) is 13.3 Å². The molecule has 2 heteroatoms. The van der Waals surface area contributed by atoms with Gasteiger partial charge in [-0.05, 0) is 19.1 Å². The summed E-state index contributed by atoms with van der Waals surface area (Å²) >= 11 is 0. The summed E-state index contributed by atoms with van der Waals surface area (Å²) in [5.74, 6) is 0. The lowest BCUT2D eigenvalue weighted by atomic mass is 10.2. The van der Waals surface area contributed by atoms with Crippen LogP contribution in [0.1, 0.15) is 11.4 Å². The number of nitrogens with zero attached hydrogens (tertiary/aromatic N) is 2. The molecule has 0 amide bonds. The van der Waals surface area contributed by atoms with E-state index in [-0.39, 0.29) is 0 Å². The SMILES string of the molecule is Cc1cccc(CC#N)n1. The molecule has 0 radical (unpaired) electrons. The minimum Gasteiger partial charge on any atom is -0.257 e. The Hall–Kier alpha value is -1.36. The average Bonchev–Trinajstić information content (AvgIpc) is 1.88. The fraction of sp³-hybridized carbons (Fsp3) is 0.250. The molecule has 0 aliphatic carbocycles. The van der Waals surface area contributed by atoms with Gasteiger partial charge < -0.3 is 0 Å². The maximum Gasteiger partial charge on any atom is 0.0774 e. The lowest BCUT2D eigenvalue weighted by Gasteiger charge is -1.93. The molecule has 2 nitrogen and oxygen atoms in total. The molecule has 0 unspecified atom stereocenters. The Balaban J connectivity index is 2.87. The van der Waals surface area contributed by atoms with Crippen LogP contribution >= 0.6 is 0 Å². The molecule has 0 aliphatic heterocycles. The summed E-state index contributed by atoms with van der Waals surface area (Å²) in [5.41, 5.74) is 1.82. The molecule has 0 bridgehead atoms. The van der Waals surface area contributed by atoms with Gasteiger partial charge in [0.2, 0.25) is 0 Å². The van der Waals surface area contributed by atoms with Gasteiger partial charge in [0.25, 0.3) is 0 Å². The molecule has 0 N–H and O–H groups in total. The zero-order valence-corrected chi connectivity index (χ0v) is 5.83. The molecular weight excluding hydrogens is 124 g/mol. The standard InChI is InChI=1S/C8H8N2/c1-7-3-2-4-8(10-7)5-6-9/h2-4H,5H2,1H3. The Labute approximate surface area is 60.1 Å². The van der Waals surface area contributed by atoms with E-state index in [0.717, 1.165) is 11.4 Å². The number of nitriles is 1. The highest BCUT2D eigenvalue weighted by Gasteiger charge is 1.90. The highest BCUT2D eigenvalue weighted by molar-refractivity contribution is 5.12. The van der Waals surface area contributed by atoms with Crippen LogP contribution < -0.4 is 0 Å². The molecular formula is C8H8N2. The van der Waals surface area contributed by atoms with Gasteiger partial charge in [0.1, 0.15) is 0 Å². The normalized spacial score (nSPS) is 8.80. The number of rotatable bonds is 1. The summed E-state index contributed by atoms with van der Waals surface area (Å²) in [4.78, 5) is 4.14. The quantitative estimate of drug-likeness (QED) is 0.580. The highest BCUT2D eigenvalue weighted by atomic mass is 14.7. The number of aromatic nitrogens is 1. The van der Waals surface area contributed by atoms with Crippen LogP contribution in [0.5, 0.6) is 0 Å². The second-order valence-electron chi connectivity index (χ2n) is 2.11. The van der Waals surface area contributed by atoms with Crippen LogP contribution in [-0.4, -0.2) is 4.98 Å². The molecule has 50 valence electrons. The first-order valence-electron chi connectivity index (χ1n) is 3.12. The summed E-state index contributed by atoms with van der Waals surface area (Å²) in [5, 5.41) is 8.32. The first-order chi connectivity index (χ1) is 4.83. The number of pyridine rings is 1. The van der Waals surface area contributed by atoms with Crippen molar-refractivity contribution in [3.05, 3.63) is 29.6 Å². The van der Waals surface area contributed by atoms with Crippen LogP contribution in [0.25, 0.3) is 0 Å². The predicted molar refractivity (Wildman–Crippen MR) is 38.3 cm³/mol. The lowest BCUT2D eigenvalue weighted by molar-refractivity contribution is 1.07. The maximum atomic E-state index is 8.32. The smallest absolute Gasteiger partial charge is 0.0774 e. The van der Waals surface area contributed by atoms with Gasteiger partial charge in [-0.15, -0.1) is 0 Å². The third kappa shape index (κ3) is 1.56. The summed E-state index contributed by atoms with van der Waals surface area (Å²) in [6, 6.07) is 7.74. The Kier molecular flexibility index (Phi) is 2.01. The molecule has 0 atom stereocenters. The van der Waals surface area contributed by atoms with Crippen molar-refractivity contribution in [2.24, 2.45) is 0 Å². The topological polar surface area (TPSA) is 36.7 Å². The lowest BCUT2D eigenvalue weighted by Crippen LogP contribution is -1.88. The van der Waals surface area contributed by atoms with E-state index in [2.05, 4.69) is 4.98 Å². The van der Waals surface area contributed by atoms with E-state index in [4.69, 9.17) is 5.26 Å². The summed E-state index contributed by atoms with van der Waals surface area (Å²) in [7, 11) is 0. The van der Waals surface area contributed by atoms with Crippen molar-refractivity contribution in [1.29, 1.82) is 5.26 Å². The monoisotopic (exact) mass is 132 g/mol. The Bertz CT molecular complexity index is 260. The third-order valence-corrected chi connectivity index (χ3v) is 1.21. The van der Waals surface area contributed by atoms with E-state index >= 15 is 0 Å². The van der Waals surface area contributed by atoms with Crippen molar-refractivity contribution in [3.8, 4) is 6.07 Å². The van der Waals surface area contributed by atoms with Crippen LogP contribution in [0.3, 0.4) is 0 Å². The van der Waals surface area contributed by atoms with Gasteiger partial charge in [-0.1, -0.05) is 6.07 Å². The zero-order chi connectivity index (χ0) is 7.40. The molecule has 0 saturated heterocycles. The van der Waals surface area contributed by atoms with Crippen molar-refractivity contribution >= 4 is 0 Å². The third-order valence-electron chi connectivity index (χ3n) is 1.21. The molecule has 0 saturated carbocycles. The zero-order valence-electron chi connectivity index (χ0n) is 5.83. The van der Waals surface area contributed by atoms with Gasteiger partial charge in [-0.25, -0.2) is 0 Å². The summed E-state index contributed by atoms with van der Waals surface area (Å²) in [6.07, 6.45) is 0.404. The Morgan fingerprint density at radius 3 is 3.00 bits per heavy atom. The Morgan fingerprint density at radius 2 is 2.40 bits per heavy atom. The highest BCUT2D eigenvalue weighted by Crippen LogP contribution is 1.97. The van der Waals surface area contributed by atoms with Crippen LogP contribution in [0, 0.1) is 18.3 Å². The molecule has 10 heavy (non-hydrogen) atoms. The van der Waals surface area contributed by atoms with Gasteiger partial charge in [0.05, 0.1) is 18.2 Å². The first kappa shape index (κ1) is 6.76. The predicted octanol–water partition coefficient (Wildman–Crippen LogP) is 1.46. The van der Waals surface area contributed by atoms with Crippen molar-refractivity contribution < 1.29 is 0 Å². The molecule has 1 rings (SSSR count).